The second-order valence-corrected chi connectivity index (χ2v) is 6.88. The Kier molecular flexibility index (Phi) is 5.74. The Morgan fingerprint density at radius 1 is 1.12 bits per heavy atom. The van der Waals surface area contributed by atoms with Crippen LogP contribution in [0.5, 0.6) is 5.75 Å². The maximum atomic E-state index is 13.2. The maximum Gasteiger partial charge on any atom is 0.258 e. The minimum Gasteiger partial charge on any atom is -0.494 e. The van der Waals surface area contributed by atoms with Crippen molar-refractivity contribution in [2.45, 2.75) is 13.5 Å². The zero-order chi connectivity index (χ0) is 17.6. The van der Waals surface area contributed by atoms with Crippen LogP contribution in [0.1, 0.15) is 22.2 Å². The molecule has 0 aliphatic carbocycles. The minimum atomic E-state index is -0.0720. The normalized spacial score (nSPS) is 10.5. The zero-order valence-corrected chi connectivity index (χ0v) is 15.4. The summed E-state index contributed by atoms with van der Waals surface area (Å²) in [7, 11) is 0. The van der Waals surface area contributed by atoms with Gasteiger partial charge in [-0.1, -0.05) is 23.7 Å². The van der Waals surface area contributed by atoms with Crippen molar-refractivity contribution < 1.29 is 9.53 Å². The summed E-state index contributed by atoms with van der Waals surface area (Å²) in [4.78, 5) is 16.0. The van der Waals surface area contributed by atoms with Crippen LogP contribution in [0.4, 0.5) is 5.69 Å². The molecule has 0 fully saturated rings. The van der Waals surface area contributed by atoms with Crippen LogP contribution in [0.3, 0.4) is 0 Å². The molecule has 5 heteroatoms. The first-order valence-corrected chi connectivity index (χ1v) is 9.26. The van der Waals surface area contributed by atoms with E-state index >= 15 is 0 Å². The van der Waals surface area contributed by atoms with Gasteiger partial charge in [-0.3, -0.25) is 4.79 Å². The monoisotopic (exact) mass is 371 g/mol. The summed E-state index contributed by atoms with van der Waals surface area (Å²) in [6.07, 6.45) is 0. The highest BCUT2D eigenvalue weighted by molar-refractivity contribution is 7.09. The zero-order valence-electron chi connectivity index (χ0n) is 13.8. The number of thiophene rings is 1. The van der Waals surface area contributed by atoms with Crippen molar-refractivity contribution in [1.29, 1.82) is 0 Å². The van der Waals surface area contributed by atoms with E-state index in [0.29, 0.717) is 29.5 Å². The molecule has 0 bridgehead atoms. The lowest BCUT2D eigenvalue weighted by Crippen LogP contribution is -2.30. The van der Waals surface area contributed by atoms with Gasteiger partial charge >= 0.3 is 0 Å². The second kappa shape index (κ2) is 8.19. The molecule has 128 valence electrons. The third-order valence-corrected chi connectivity index (χ3v) is 4.78. The van der Waals surface area contributed by atoms with E-state index in [4.69, 9.17) is 16.3 Å². The molecule has 0 aliphatic rings. The standard InChI is InChI=1S/C20H18ClNO2S/c1-2-24-18-6-3-5-15(13-18)20(23)22(14-19-7-4-12-25-19)17-10-8-16(21)9-11-17/h3-13H,2,14H2,1H3. The van der Waals surface area contributed by atoms with Gasteiger partial charge in [0, 0.05) is 21.2 Å². The highest BCUT2D eigenvalue weighted by Crippen LogP contribution is 2.25. The van der Waals surface area contributed by atoms with Crippen molar-refractivity contribution in [2.24, 2.45) is 0 Å². The number of hydrogen-bond donors (Lipinski definition) is 0. The lowest BCUT2D eigenvalue weighted by atomic mass is 10.1. The Hall–Kier alpha value is -2.30. The third-order valence-electron chi connectivity index (χ3n) is 3.67. The van der Waals surface area contributed by atoms with Crippen molar-refractivity contribution in [3.8, 4) is 5.75 Å². The molecule has 3 aromatic rings. The van der Waals surface area contributed by atoms with Gasteiger partial charge in [-0.25, -0.2) is 0 Å². The molecule has 25 heavy (non-hydrogen) atoms. The molecule has 1 heterocycles. The van der Waals surface area contributed by atoms with E-state index in [1.807, 2.05) is 54.8 Å². The number of anilines is 1. The van der Waals surface area contributed by atoms with Gasteiger partial charge in [0.1, 0.15) is 5.75 Å². The number of ether oxygens (including phenoxy) is 1. The van der Waals surface area contributed by atoms with Crippen LogP contribution >= 0.6 is 22.9 Å². The van der Waals surface area contributed by atoms with Crippen LogP contribution in [-0.2, 0) is 6.54 Å². The fraction of sp³-hybridized carbons (Fsp3) is 0.150. The Morgan fingerprint density at radius 3 is 2.60 bits per heavy atom. The first kappa shape index (κ1) is 17.5. The summed E-state index contributed by atoms with van der Waals surface area (Å²) in [5, 5.41) is 2.65. The van der Waals surface area contributed by atoms with Gasteiger partial charge in [0.15, 0.2) is 0 Å². The summed E-state index contributed by atoms with van der Waals surface area (Å²) >= 11 is 7.62. The summed E-state index contributed by atoms with van der Waals surface area (Å²) in [5.74, 6) is 0.623. The SMILES string of the molecule is CCOc1cccc(C(=O)N(Cc2cccs2)c2ccc(Cl)cc2)c1. The topological polar surface area (TPSA) is 29.5 Å². The Bertz CT molecular complexity index is 831. The molecule has 0 spiro atoms. The maximum absolute atomic E-state index is 13.2. The molecular formula is C20H18ClNO2S. The average molecular weight is 372 g/mol. The van der Waals surface area contributed by atoms with Gasteiger partial charge in [-0.2, -0.15) is 0 Å². The van der Waals surface area contributed by atoms with Gasteiger partial charge in [0.25, 0.3) is 5.91 Å². The Morgan fingerprint density at radius 2 is 1.92 bits per heavy atom. The predicted molar refractivity (Wildman–Crippen MR) is 104 cm³/mol. The molecule has 0 unspecified atom stereocenters. The van der Waals surface area contributed by atoms with Gasteiger partial charge < -0.3 is 9.64 Å². The summed E-state index contributed by atoms with van der Waals surface area (Å²) < 4.78 is 5.52. The first-order chi connectivity index (χ1) is 12.2. The van der Waals surface area contributed by atoms with Crippen molar-refractivity contribution in [3.05, 3.63) is 81.5 Å². The van der Waals surface area contributed by atoms with E-state index in [1.54, 1.807) is 34.4 Å². The van der Waals surface area contributed by atoms with E-state index in [1.165, 1.54) is 0 Å². The predicted octanol–water partition coefficient (Wildman–Crippen LogP) is 5.65. The molecule has 0 atom stereocenters. The molecule has 0 radical (unpaired) electrons. The van der Waals surface area contributed by atoms with Crippen molar-refractivity contribution in [1.82, 2.24) is 0 Å². The van der Waals surface area contributed by atoms with E-state index in [9.17, 15) is 4.79 Å². The summed E-state index contributed by atoms with van der Waals surface area (Å²) in [6, 6.07) is 18.6. The van der Waals surface area contributed by atoms with Gasteiger partial charge in [-0.15, -0.1) is 11.3 Å². The van der Waals surface area contributed by atoms with E-state index in [0.717, 1.165) is 10.6 Å². The highest BCUT2D eigenvalue weighted by atomic mass is 35.5. The smallest absolute Gasteiger partial charge is 0.258 e. The highest BCUT2D eigenvalue weighted by Gasteiger charge is 2.19. The van der Waals surface area contributed by atoms with Crippen molar-refractivity contribution in [2.75, 3.05) is 11.5 Å². The number of carbonyl (C=O) groups is 1. The van der Waals surface area contributed by atoms with Gasteiger partial charge in [0.05, 0.1) is 13.2 Å². The Balaban J connectivity index is 1.94. The number of amides is 1. The van der Waals surface area contributed by atoms with Crippen molar-refractivity contribution in [3.63, 3.8) is 0 Å². The number of halogens is 1. The Labute approximate surface area is 156 Å². The van der Waals surface area contributed by atoms with Crippen LogP contribution < -0.4 is 9.64 Å². The minimum absolute atomic E-state index is 0.0720. The molecule has 1 aromatic heterocycles. The first-order valence-electron chi connectivity index (χ1n) is 8.00. The fourth-order valence-corrected chi connectivity index (χ4v) is 3.32. The molecule has 3 rings (SSSR count). The van der Waals surface area contributed by atoms with Crippen LogP contribution in [-0.4, -0.2) is 12.5 Å². The molecule has 3 nitrogen and oxygen atoms in total. The van der Waals surface area contributed by atoms with Crippen LogP contribution in [0.2, 0.25) is 5.02 Å². The van der Waals surface area contributed by atoms with Crippen LogP contribution in [0.25, 0.3) is 0 Å². The van der Waals surface area contributed by atoms with Crippen molar-refractivity contribution >= 4 is 34.5 Å². The van der Waals surface area contributed by atoms with E-state index in [-0.39, 0.29) is 5.91 Å². The molecule has 0 saturated heterocycles. The number of carbonyl (C=O) groups excluding carboxylic acids is 1. The van der Waals surface area contributed by atoms with E-state index in [2.05, 4.69) is 0 Å². The van der Waals surface area contributed by atoms with Gasteiger partial charge in [0.2, 0.25) is 0 Å². The summed E-state index contributed by atoms with van der Waals surface area (Å²) in [6.45, 7) is 3.00. The molecule has 0 aliphatic heterocycles. The van der Waals surface area contributed by atoms with Crippen LogP contribution in [0, 0.1) is 0 Å². The number of nitrogens with zero attached hydrogens (tertiary/aromatic N) is 1. The average Bonchev–Trinajstić information content (AvgIpc) is 3.14. The lowest BCUT2D eigenvalue weighted by Gasteiger charge is -2.23. The largest absolute Gasteiger partial charge is 0.494 e. The summed E-state index contributed by atoms with van der Waals surface area (Å²) in [5.41, 5.74) is 1.40. The molecular weight excluding hydrogens is 354 g/mol. The van der Waals surface area contributed by atoms with E-state index < -0.39 is 0 Å². The quantitative estimate of drug-likeness (QED) is 0.560. The molecule has 0 saturated carbocycles. The third kappa shape index (κ3) is 4.41. The van der Waals surface area contributed by atoms with Gasteiger partial charge in [-0.05, 0) is 60.8 Å². The number of rotatable bonds is 6. The molecule has 0 N–H and O–H groups in total. The molecule has 1 amide bonds. The molecule has 2 aromatic carbocycles. The lowest BCUT2D eigenvalue weighted by molar-refractivity contribution is 0.0985. The second-order valence-electron chi connectivity index (χ2n) is 5.41. The van der Waals surface area contributed by atoms with Crippen LogP contribution in [0.15, 0.2) is 66.0 Å². The fourth-order valence-electron chi connectivity index (χ4n) is 2.50. The number of hydrogen-bond acceptors (Lipinski definition) is 3. The number of benzene rings is 2.